The first-order valence-electron chi connectivity index (χ1n) is 15.1. The fourth-order valence-corrected chi connectivity index (χ4v) is 6.80. The maximum absolute atomic E-state index is 6.54. The molecule has 8 aromatic rings. The lowest BCUT2D eigenvalue weighted by Crippen LogP contribution is -2.23. The molecule has 0 saturated heterocycles. The lowest BCUT2D eigenvalue weighted by atomic mass is 9.93. The van der Waals surface area contributed by atoms with E-state index in [9.17, 15) is 0 Å². The minimum Gasteiger partial charge on any atom is -0.455 e. The van der Waals surface area contributed by atoms with Gasteiger partial charge in [-0.2, -0.15) is 0 Å². The van der Waals surface area contributed by atoms with Crippen LogP contribution in [0.2, 0.25) is 0 Å². The molecule has 0 bridgehead atoms. The molecule has 1 atom stereocenters. The van der Waals surface area contributed by atoms with E-state index in [1.807, 2.05) is 6.07 Å². The molecular weight excluding hydrogens is 536 g/mol. The smallest absolute Gasteiger partial charge is 0.143 e. The highest BCUT2D eigenvalue weighted by Gasteiger charge is 2.31. The maximum atomic E-state index is 6.54. The first-order chi connectivity index (χ1) is 21.8. The van der Waals surface area contributed by atoms with Crippen LogP contribution in [0.15, 0.2) is 162 Å². The van der Waals surface area contributed by atoms with E-state index in [0.29, 0.717) is 0 Å². The molecule has 44 heavy (non-hydrogen) atoms. The summed E-state index contributed by atoms with van der Waals surface area (Å²) < 4.78 is 6.54. The number of anilines is 3. The van der Waals surface area contributed by atoms with E-state index < -0.39 is 0 Å². The second kappa shape index (κ2) is 9.89. The molecular formula is C41H28N2O. The first kappa shape index (κ1) is 24.8. The zero-order valence-electron chi connectivity index (χ0n) is 23.9. The third-order valence-electron chi connectivity index (χ3n) is 8.83. The molecule has 0 aliphatic carbocycles. The molecule has 0 fully saturated rings. The summed E-state index contributed by atoms with van der Waals surface area (Å²) in [7, 11) is 0. The van der Waals surface area contributed by atoms with Gasteiger partial charge in [-0.15, -0.1) is 0 Å². The zero-order chi connectivity index (χ0) is 29.0. The highest BCUT2D eigenvalue weighted by Crippen LogP contribution is 2.48. The normalized spacial score (nSPS) is 14.3. The number of para-hydroxylation sites is 2. The van der Waals surface area contributed by atoms with Crippen LogP contribution in [0.4, 0.5) is 17.1 Å². The average molecular weight is 565 g/mol. The van der Waals surface area contributed by atoms with Crippen molar-refractivity contribution >= 4 is 49.8 Å². The topological polar surface area (TPSA) is 28.4 Å². The van der Waals surface area contributed by atoms with E-state index in [4.69, 9.17) is 4.42 Å². The van der Waals surface area contributed by atoms with Crippen LogP contribution >= 0.6 is 0 Å². The van der Waals surface area contributed by atoms with Gasteiger partial charge < -0.3 is 14.6 Å². The van der Waals surface area contributed by atoms with Crippen LogP contribution in [-0.2, 0) is 0 Å². The van der Waals surface area contributed by atoms with Crippen molar-refractivity contribution in [2.45, 2.75) is 6.17 Å². The summed E-state index contributed by atoms with van der Waals surface area (Å²) in [5, 5.41) is 8.52. The van der Waals surface area contributed by atoms with Gasteiger partial charge in [0, 0.05) is 22.0 Å². The van der Waals surface area contributed by atoms with Gasteiger partial charge in [-0.1, -0.05) is 115 Å². The van der Waals surface area contributed by atoms with E-state index in [-0.39, 0.29) is 6.17 Å². The number of rotatable bonds is 4. The molecule has 1 aromatic heterocycles. The Morgan fingerprint density at radius 2 is 1.23 bits per heavy atom. The monoisotopic (exact) mass is 564 g/mol. The Morgan fingerprint density at radius 1 is 0.523 bits per heavy atom. The molecule has 0 radical (unpaired) electrons. The van der Waals surface area contributed by atoms with Gasteiger partial charge in [0.2, 0.25) is 0 Å². The van der Waals surface area contributed by atoms with Gasteiger partial charge in [0.15, 0.2) is 0 Å². The van der Waals surface area contributed by atoms with Gasteiger partial charge in [-0.3, -0.25) is 0 Å². The third kappa shape index (κ3) is 3.90. The molecule has 1 unspecified atom stereocenters. The third-order valence-corrected chi connectivity index (χ3v) is 8.83. The second-order valence-corrected chi connectivity index (χ2v) is 11.4. The van der Waals surface area contributed by atoms with Crippen molar-refractivity contribution in [2.75, 3.05) is 10.2 Å². The van der Waals surface area contributed by atoms with E-state index in [1.54, 1.807) is 0 Å². The van der Waals surface area contributed by atoms with Crippen LogP contribution in [0.5, 0.6) is 0 Å². The Labute approximate surface area is 255 Å². The molecule has 0 saturated carbocycles. The first-order valence-corrected chi connectivity index (χ1v) is 15.1. The largest absolute Gasteiger partial charge is 0.455 e. The summed E-state index contributed by atoms with van der Waals surface area (Å²) in [5.74, 6) is 0. The highest BCUT2D eigenvalue weighted by atomic mass is 16.3. The van der Waals surface area contributed by atoms with E-state index in [1.165, 1.54) is 33.2 Å². The molecule has 2 heterocycles. The van der Waals surface area contributed by atoms with Crippen molar-refractivity contribution in [1.29, 1.82) is 0 Å². The summed E-state index contributed by atoms with van der Waals surface area (Å²) >= 11 is 0. The number of nitrogens with zero attached hydrogens (tertiary/aromatic N) is 1. The quantitative estimate of drug-likeness (QED) is 0.230. The number of benzene rings is 7. The maximum Gasteiger partial charge on any atom is 0.143 e. The number of furan rings is 1. The van der Waals surface area contributed by atoms with Crippen LogP contribution < -0.4 is 10.2 Å². The molecule has 9 rings (SSSR count). The Morgan fingerprint density at radius 3 is 2.09 bits per heavy atom. The lowest BCUT2D eigenvalue weighted by molar-refractivity contribution is 0.670. The van der Waals surface area contributed by atoms with Gasteiger partial charge in [0.05, 0.1) is 11.4 Å². The minimum absolute atomic E-state index is 0.00670. The van der Waals surface area contributed by atoms with E-state index in [0.717, 1.165) is 44.4 Å². The lowest BCUT2D eigenvalue weighted by Gasteiger charge is -2.27. The summed E-state index contributed by atoms with van der Waals surface area (Å²) in [6.07, 6.45) is 0.00670. The summed E-state index contributed by atoms with van der Waals surface area (Å²) in [6, 6.07) is 56.1. The molecule has 1 aliphatic rings. The Hall–Kier alpha value is -5.80. The van der Waals surface area contributed by atoms with Gasteiger partial charge in [-0.05, 0) is 75.5 Å². The van der Waals surface area contributed by atoms with Crippen molar-refractivity contribution in [1.82, 2.24) is 0 Å². The number of hydrogen-bond donors (Lipinski definition) is 1. The molecule has 7 aromatic carbocycles. The van der Waals surface area contributed by atoms with Gasteiger partial charge in [0.1, 0.15) is 17.3 Å². The number of hydrogen-bond acceptors (Lipinski definition) is 3. The molecule has 3 heteroatoms. The zero-order valence-corrected chi connectivity index (χ0v) is 23.9. The summed E-state index contributed by atoms with van der Waals surface area (Å²) in [4.78, 5) is 2.39. The van der Waals surface area contributed by atoms with Gasteiger partial charge >= 0.3 is 0 Å². The Kier molecular flexibility index (Phi) is 5.57. The fraction of sp³-hybridized carbons (Fsp3) is 0.0244. The highest BCUT2D eigenvalue weighted by molar-refractivity contribution is 6.18. The fourth-order valence-electron chi connectivity index (χ4n) is 6.80. The van der Waals surface area contributed by atoms with Crippen molar-refractivity contribution in [2.24, 2.45) is 0 Å². The molecule has 1 aliphatic heterocycles. The van der Waals surface area contributed by atoms with Crippen molar-refractivity contribution in [3.8, 4) is 22.3 Å². The number of nitrogens with one attached hydrogen (secondary N) is 1. The molecule has 0 spiro atoms. The standard InChI is InChI=1S/C41H28N2O/c1-3-12-27(13-4-1)41-42-36-26-29(22-23-37(36)43(41)32-17-5-2-6-18-32)28-15-11-16-31(24-28)39-33-19-8-7-14-30(33)25-35-34-20-9-10-21-38(34)44-40(35)39/h1-26,41-42H. The van der Waals surface area contributed by atoms with Crippen molar-refractivity contribution < 1.29 is 4.42 Å². The molecule has 3 nitrogen and oxygen atoms in total. The average Bonchev–Trinajstić information content (AvgIpc) is 3.66. The van der Waals surface area contributed by atoms with Crippen molar-refractivity contribution in [3.05, 3.63) is 163 Å². The van der Waals surface area contributed by atoms with Crippen LogP contribution in [0.1, 0.15) is 11.7 Å². The van der Waals surface area contributed by atoms with Crippen LogP contribution in [0.25, 0.3) is 55.0 Å². The predicted molar refractivity (Wildman–Crippen MR) is 183 cm³/mol. The van der Waals surface area contributed by atoms with Crippen LogP contribution in [0, 0.1) is 0 Å². The molecule has 1 N–H and O–H groups in total. The minimum atomic E-state index is 0.00670. The molecule has 208 valence electrons. The van der Waals surface area contributed by atoms with Crippen LogP contribution in [0.3, 0.4) is 0 Å². The van der Waals surface area contributed by atoms with E-state index in [2.05, 4.69) is 162 Å². The Bertz CT molecular complexity index is 2320. The SMILES string of the molecule is c1ccc(C2Nc3cc(-c4cccc(-c5c6ccccc6cc6c5oc5ccccc56)c4)ccc3N2c2ccccc2)cc1. The van der Waals surface area contributed by atoms with Crippen molar-refractivity contribution in [3.63, 3.8) is 0 Å². The molecule has 0 amide bonds. The summed E-state index contributed by atoms with van der Waals surface area (Å²) in [5.41, 5.74) is 11.1. The van der Waals surface area contributed by atoms with Gasteiger partial charge in [-0.25, -0.2) is 0 Å². The van der Waals surface area contributed by atoms with E-state index >= 15 is 0 Å². The second-order valence-electron chi connectivity index (χ2n) is 11.4. The van der Waals surface area contributed by atoms with Gasteiger partial charge in [0.25, 0.3) is 0 Å². The summed E-state index contributed by atoms with van der Waals surface area (Å²) in [6.45, 7) is 0. The predicted octanol–water partition coefficient (Wildman–Crippen LogP) is 11.3. The number of fused-ring (bicyclic) bond motifs is 5. The Balaban J connectivity index is 1.18. The van der Waals surface area contributed by atoms with Crippen LogP contribution in [-0.4, -0.2) is 0 Å².